The standard InChI is InChI=1S/C13H16N2OS/c14-10-2-1-3-11-13(10)15-12(16-11)8-9-4-6-17-7-5-9/h1-3,9H,4-8,14H2. The first-order chi connectivity index (χ1) is 8.33. The average Bonchev–Trinajstić information content (AvgIpc) is 2.74. The predicted octanol–water partition coefficient (Wildman–Crippen LogP) is 3.10. The number of hydrogen-bond donors (Lipinski definition) is 1. The molecule has 0 atom stereocenters. The lowest BCUT2D eigenvalue weighted by Gasteiger charge is -2.19. The molecule has 3 rings (SSSR count). The van der Waals surface area contributed by atoms with Crippen LogP contribution < -0.4 is 5.73 Å². The molecule has 2 heterocycles. The number of fused-ring (bicyclic) bond motifs is 1. The van der Waals surface area contributed by atoms with Gasteiger partial charge in [0.05, 0.1) is 5.69 Å². The Morgan fingerprint density at radius 1 is 1.35 bits per heavy atom. The van der Waals surface area contributed by atoms with Crippen molar-refractivity contribution in [2.75, 3.05) is 17.2 Å². The zero-order chi connectivity index (χ0) is 11.7. The number of aromatic nitrogens is 1. The molecule has 3 nitrogen and oxygen atoms in total. The molecule has 0 aliphatic carbocycles. The third-order valence-electron chi connectivity index (χ3n) is 3.30. The number of hydrogen-bond acceptors (Lipinski definition) is 4. The molecule has 1 aromatic carbocycles. The fourth-order valence-corrected chi connectivity index (χ4v) is 3.50. The first-order valence-corrected chi connectivity index (χ1v) is 7.20. The molecular formula is C13H16N2OS. The van der Waals surface area contributed by atoms with E-state index in [2.05, 4.69) is 4.98 Å². The number of benzene rings is 1. The lowest BCUT2D eigenvalue weighted by atomic mass is 9.99. The van der Waals surface area contributed by atoms with Crippen LogP contribution in [-0.4, -0.2) is 16.5 Å². The summed E-state index contributed by atoms with van der Waals surface area (Å²) in [6.07, 6.45) is 3.51. The summed E-state index contributed by atoms with van der Waals surface area (Å²) in [5.41, 5.74) is 8.21. The van der Waals surface area contributed by atoms with E-state index in [-0.39, 0.29) is 0 Å². The highest BCUT2D eigenvalue weighted by Crippen LogP contribution is 2.28. The summed E-state index contributed by atoms with van der Waals surface area (Å²) in [4.78, 5) is 4.51. The van der Waals surface area contributed by atoms with Crippen molar-refractivity contribution in [1.82, 2.24) is 4.98 Å². The maximum Gasteiger partial charge on any atom is 0.195 e. The van der Waals surface area contributed by atoms with Gasteiger partial charge in [0.15, 0.2) is 11.5 Å². The summed E-state index contributed by atoms with van der Waals surface area (Å²) < 4.78 is 5.75. The summed E-state index contributed by atoms with van der Waals surface area (Å²) in [5.74, 6) is 4.11. The Balaban J connectivity index is 1.83. The second-order valence-corrected chi connectivity index (χ2v) is 5.79. The molecule has 90 valence electrons. The van der Waals surface area contributed by atoms with Crippen molar-refractivity contribution in [2.24, 2.45) is 5.92 Å². The van der Waals surface area contributed by atoms with Crippen LogP contribution in [0.5, 0.6) is 0 Å². The third kappa shape index (κ3) is 2.27. The molecule has 0 amide bonds. The van der Waals surface area contributed by atoms with Gasteiger partial charge in [0.1, 0.15) is 5.52 Å². The molecule has 2 aromatic rings. The monoisotopic (exact) mass is 248 g/mol. The second kappa shape index (κ2) is 4.61. The topological polar surface area (TPSA) is 52.0 Å². The van der Waals surface area contributed by atoms with Crippen LogP contribution in [-0.2, 0) is 6.42 Å². The molecule has 0 spiro atoms. The largest absolute Gasteiger partial charge is 0.441 e. The van der Waals surface area contributed by atoms with E-state index in [0.29, 0.717) is 5.69 Å². The van der Waals surface area contributed by atoms with Gasteiger partial charge in [-0.1, -0.05) is 6.07 Å². The molecule has 1 fully saturated rings. The Labute approximate surface area is 105 Å². The Bertz CT molecular complexity index is 517. The summed E-state index contributed by atoms with van der Waals surface area (Å²) in [6, 6.07) is 5.70. The minimum atomic E-state index is 0.705. The molecule has 1 aliphatic heterocycles. The molecule has 2 N–H and O–H groups in total. The molecule has 4 heteroatoms. The lowest BCUT2D eigenvalue weighted by molar-refractivity contribution is 0.420. The van der Waals surface area contributed by atoms with Crippen LogP contribution in [0.3, 0.4) is 0 Å². The Kier molecular flexibility index (Phi) is 2.97. The summed E-state index contributed by atoms with van der Waals surface area (Å²) in [6.45, 7) is 0. The normalized spacial score (nSPS) is 17.6. The Morgan fingerprint density at radius 2 is 2.18 bits per heavy atom. The van der Waals surface area contributed by atoms with E-state index in [4.69, 9.17) is 10.2 Å². The van der Waals surface area contributed by atoms with Crippen molar-refractivity contribution in [3.63, 3.8) is 0 Å². The van der Waals surface area contributed by atoms with Crippen molar-refractivity contribution in [2.45, 2.75) is 19.3 Å². The highest BCUT2D eigenvalue weighted by atomic mass is 32.2. The van der Waals surface area contributed by atoms with Gasteiger partial charge in [-0.3, -0.25) is 0 Å². The summed E-state index contributed by atoms with van der Waals surface area (Å²) in [7, 11) is 0. The van der Waals surface area contributed by atoms with E-state index in [0.717, 1.165) is 29.3 Å². The molecule has 1 saturated heterocycles. The van der Waals surface area contributed by atoms with Crippen molar-refractivity contribution in [3.05, 3.63) is 24.1 Å². The highest BCUT2D eigenvalue weighted by molar-refractivity contribution is 7.99. The summed E-state index contributed by atoms with van der Waals surface area (Å²) in [5, 5.41) is 0. The average molecular weight is 248 g/mol. The van der Waals surface area contributed by atoms with E-state index >= 15 is 0 Å². The molecule has 0 saturated carbocycles. The van der Waals surface area contributed by atoms with Gasteiger partial charge in [0.2, 0.25) is 0 Å². The van der Waals surface area contributed by atoms with Crippen molar-refractivity contribution in [1.29, 1.82) is 0 Å². The minimum Gasteiger partial charge on any atom is -0.441 e. The molecule has 17 heavy (non-hydrogen) atoms. The van der Waals surface area contributed by atoms with Crippen LogP contribution in [0.15, 0.2) is 22.6 Å². The predicted molar refractivity (Wildman–Crippen MR) is 72.2 cm³/mol. The number of nitrogens with two attached hydrogens (primary N) is 1. The SMILES string of the molecule is Nc1cccc2oc(CC3CCSCC3)nc12. The van der Waals surface area contributed by atoms with Crippen LogP contribution >= 0.6 is 11.8 Å². The first-order valence-electron chi connectivity index (χ1n) is 6.04. The van der Waals surface area contributed by atoms with Gasteiger partial charge in [0.25, 0.3) is 0 Å². The lowest BCUT2D eigenvalue weighted by Crippen LogP contribution is -2.12. The minimum absolute atomic E-state index is 0.705. The molecular weight excluding hydrogens is 232 g/mol. The van der Waals surface area contributed by atoms with Crippen molar-refractivity contribution >= 4 is 28.5 Å². The molecule has 0 radical (unpaired) electrons. The summed E-state index contributed by atoms with van der Waals surface area (Å²) >= 11 is 2.05. The molecule has 1 aromatic heterocycles. The third-order valence-corrected chi connectivity index (χ3v) is 4.35. The van der Waals surface area contributed by atoms with Gasteiger partial charge in [-0.15, -0.1) is 0 Å². The number of thioether (sulfide) groups is 1. The van der Waals surface area contributed by atoms with Crippen LogP contribution in [0.4, 0.5) is 5.69 Å². The Hall–Kier alpha value is -1.16. The first kappa shape index (κ1) is 11.0. The van der Waals surface area contributed by atoms with Crippen LogP contribution in [0, 0.1) is 5.92 Å². The van der Waals surface area contributed by atoms with Crippen LogP contribution in [0.2, 0.25) is 0 Å². The smallest absolute Gasteiger partial charge is 0.195 e. The van der Waals surface area contributed by atoms with Gasteiger partial charge < -0.3 is 10.2 Å². The quantitative estimate of drug-likeness (QED) is 0.830. The number of nitrogen functional groups attached to an aromatic ring is 1. The van der Waals surface area contributed by atoms with Crippen molar-refractivity contribution < 1.29 is 4.42 Å². The second-order valence-electron chi connectivity index (χ2n) is 4.56. The van der Waals surface area contributed by atoms with E-state index in [1.54, 1.807) is 0 Å². The van der Waals surface area contributed by atoms with E-state index in [1.807, 2.05) is 30.0 Å². The maximum absolute atomic E-state index is 5.88. The zero-order valence-corrected chi connectivity index (χ0v) is 10.5. The van der Waals surface area contributed by atoms with Gasteiger partial charge >= 0.3 is 0 Å². The van der Waals surface area contributed by atoms with Crippen LogP contribution in [0.1, 0.15) is 18.7 Å². The van der Waals surface area contributed by atoms with E-state index in [1.165, 1.54) is 24.3 Å². The fraction of sp³-hybridized carbons (Fsp3) is 0.462. The molecule has 1 aliphatic rings. The number of rotatable bonds is 2. The van der Waals surface area contributed by atoms with Crippen LogP contribution in [0.25, 0.3) is 11.1 Å². The van der Waals surface area contributed by atoms with Gasteiger partial charge in [-0.25, -0.2) is 4.98 Å². The Morgan fingerprint density at radius 3 is 2.94 bits per heavy atom. The molecule has 0 bridgehead atoms. The number of anilines is 1. The van der Waals surface area contributed by atoms with Crippen molar-refractivity contribution in [3.8, 4) is 0 Å². The maximum atomic E-state index is 5.88. The van der Waals surface area contributed by atoms with Gasteiger partial charge in [-0.2, -0.15) is 11.8 Å². The number of para-hydroxylation sites is 1. The number of oxazole rings is 1. The zero-order valence-electron chi connectivity index (χ0n) is 9.69. The fourth-order valence-electron chi connectivity index (χ4n) is 2.30. The number of nitrogens with zero attached hydrogens (tertiary/aromatic N) is 1. The van der Waals surface area contributed by atoms with Gasteiger partial charge in [-0.05, 0) is 42.4 Å². The molecule has 0 unspecified atom stereocenters. The van der Waals surface area contributed by atoms with E-state index in [9.17, 15) is 0 Å². The van der Waals surface area contributed by atoms with Gasteiger partial charge in [0, 0.05) is 6.42 Å². The van der Waals surface area contributed by atoms with E-state index < -0.39 is 0 Å². The highest BCUT2D eigenvalue weighted by Gasteiger charge is 2.17.